The highest BCUT2D eigenvalue weighted by molar-refractivity contribution is 9.10. The molecule has 1 N–H and O–H groups in total. The third-order valence-electron chi connectivity index (χ3n) is 3.69. The van der Waals surface area contributed by atoms with Crippen LogP contribution in [0.2, 0.25) is 0 Å². The summed E-state index contributed by atoms with van der Waals surface area (Å²) in [5, 5.41) is 2.87. The molecule has 0 atom stereocenters. The van der Waals surface area contributed by atoms with Crippen LogP contribution in [0.1, 0.15) is 35.3 Å². The average Bonchev–Trinajstić information content (AvgIpc) is 2.60. The number of para-hydroxylation sites is 1. The van der Waals surface area contributed by atoms with Gasteiger partial charge in [0.15, 0.2) is 6.61 Å². The Morgan fingerprint density at radius 2 is 1.62 bits per heavy atom. The normalized spacial score (nSPS) is 10.3. The van der Waals surface area contributed by atoms with E-state index in [1.807, 2.05) is 38.1 Å². The Bertz CT molecular complexity index is 721. The molecule has 0 fully saturated rings. The number of rotatable bonds is 6. The van der Waals surface area contributed by atoms with E-state index in [0.29, 0.717) is 10.0 Å². The summed E-state index contributed by atoms with van der Waals surface area (Å²) >= 11 is 3.29. The lowest BCUT2D eigenvalue weighted by Gasteiger charge is -2.14. The third kappa shape index (κ3) is 4.45. The van der Waals surface area contributed by atoms with Gasteiger partial charge in [0.1, 0.15) is 0 Å². The molecule has 24 heavy (non-hydrogen) atoms. The second kappa shape index (κ2) is 8.64. The maximum atomic E-state index is 12.2. The van der Waals surface area contributed by atoms with Crippen molar-refractivity contribution in [2.75, 3.05) is 11.9 Å². The van der Waals surface area contributed by atoms with Gasteiger partial charge < -0.3 is 10.1 Å². The van der Waals surface area contributed by atoms with Gasteiger partial charge in [0.2, 0.25) is 0 Å². The molecule has 0 saturated heterocycles. The fourth-order valence-electron chi connectivity index (χ4n) is 2.41. The van der Waals surface area contributed by atoms with Crippen LogP contribution in [0.25, 0.3) is 0 Å². The number of carbonyl (C=O) groups excluding carboxylic acids is 2. The van der Waals surface area contributed by atoms with Gasteiger partial charge in [0.25, 0.3) is 5.91 Å². The molecule has 0 bridgehead atoms. The van der Waals surface area contributed by atoms with E-state index >= 15 is 0 Å². The minimum Gasteiger partial charge on any atom is -0.452 e. The summed E-state index contributed by atoms with van der Waals surface area (Å²) in [6.07, 6.45) is 1.64. The smallest absolute Gasteiger partial charge is 0.339 e. The van der Waals surface area contributed by atoms with E-state index in [1.54, 1.807) is 18.2 Å². The number of hydrogen-bond acceptors (Lipinski definition) is 3. The molecule has 0 aliphatic heterocycles. The van der Waals surface area contributed by atoms with Crippen molar-refractivity contribution in [3.8, 4) is 0 Å². The van der Waals surface area contributed by atoms with Crippen LogP contribution in [-0.2, 0) is 22.4 Å². The standard InChI is InChI=1S/C19H20BrNO3/c1-3-13-8-7-9-14(4-2)18(13)21-17(22)12-24-19(23)15-10-5-6-11-16(15)20/h5-11H,3-4,12H2,1-2H3,(H,21,22). The molecule has 0 unspecified atom stereocenters. The fraction of sp³-hybridized carbons (Fsp3) is 0.263. The Balaban J connectivity index is 2.02. The first-order valence-corrected chi connectivity index (χ1v) is 8.68. The van der Waals surface area contributed by atoms with E-state index in [1.165, 1.54) is 0 Å². The maximum Gasteiger partial charge on any atom is 0.339 e. The largest absolute Gasteiger partial charge is 0.452 e. The van der Waals surface area contributed by atoms with Crippen LogP contribution in [0, 0.1) is 0 Å². The van der Waals surface area contributed by atoms with Crippen molar-refractivity contribution in [3.63, 3.8) is 0 Å². The molecule has 2 rings (SSSR count). The van der Waals surface area contributed by atoms with Crippen molar-refractivity contribution >= 4 is 33.5 Å². The molecule has 2 aromatic carbocycles. The van der Waals surface area contributed by atoms with Gasteiger partial charge in [-0.2, -0.15) is 0 Å². The predicted molar refractivity (Wildman–Crippen MR) is 98.3 cm³/mol. The highest BCUT2D eigenvalue weighted by Crippen LogP contribution is 2.22. The van der Waals surface area contributed by atoms with Crippen LogP contribution in [0.3, 0.4) is 0 Å². The number of amides is 1. The zero-order chi connectivity index (χ0) is 17.5. The van der Waals surface area contributed by atoms with Gasteiger partial charge in [-0.05, 0) is 52.0 Å². The summed E-state index contributed by atoms with van der Waals surface area (Å²) < 4.78 is 5.75. The number of anilines is 1. The van der Waals surface area contributed by atoms with Crippen molar-refractivity contribution in [3.05, 3.63) is 63.6 Å². The van der Waals surface area contributed by atoms with Crippen molar-refractivity contribution in [2.45, 2.75) is 26.7 Å². The second-order valence-electron chi connectivity index (χ2n) is 5.26. The van der Waals surface area contributed by atoms with E-state index in [2.05, 4.69) is 21.2 Å². The Morgan fingerprint density at radius 1 is 1.00 bits per heavy atom. The van der Waals surface area contributed by atoms with Gasteiger partial charge in [-0.15, -0.1) is 0 Å². The van der Waals surface area contributed by atoms with Gasteiger partial charge in [-0.25, -0.2) is 4.79 Å². The first-order valence-electron chi connectivity index (χ1n) is 7.89. The molecule has 1 amide bonds. The molecule has 2 aromatic rings. The van der Waals surface area contributed by atoms with Crippen molar-refractivity contribution < 1.29 is 14.3 Å². The average molecular weight is 390 g/mol. The number of ether oxygens (including phenoxy) is 1. The molecule has 0 spiro atoms. The van der Waals surface area contributed by atoms with E-state index < -0.39 is 5.97 Å². The maximum absolute atomic E-state index is 12.2. The quantitative estimate of drug-likeness (QED) is 0.746. The Hall–Kier alpha value is -2.14. The first-order chi connectivity index (χ1) is 11.6. The number of carbonyl (C=O) groups is 2. The molecular formula is C19H20BrNO3. The van der Waals surface area contributed by atoms with Crippen molar-refractivity contribution in [2.24, 2.45) is 0 Å². The first kappa shape index (κ1) is 18.2. The molecule has 0 aliphatic carbocycles. The van der Waals surface area contributed by atoms with Gasteiger partial charge in [-0.1, -0.05) is 44.2 Å². The van der Waals surface area contributed by atoms with Crippen LogP contribution in [-0.4, -0.2) is 18.5 Å². The molecule has 4 nitrogen and oxygen atoms in total. The topological polar surface area (TPSA) is 55.4 Å². The van der Waals surface area contributed by atoms with Crippen LogP contribution in [0.15, 0.2) is 46.9 Å². The van der Waals surface area contributed by atoms with Gasteiger partial charge >= 0.3 is 5.97 Å². The van der Waals surface area contributed by atoms with Crippen LogP contribution < -0.4 is 5.32 Å². The Morgan fingerprint density at radius 3 is 2.21 bits per heavy atom. The van der Waals surface area contributed by atoms with E-state index in [4.69, 9.17) is 4.74 Å². The molecular weight excluding hydrogens is 370 g/mol. The molecule has 126 valence electrons. The highest BCUT2D eigenvalue weighted by Gasteiger charge is 2.14. The summed E-state index contributed by atoms with van der Waals surface area (Å²) in [5.41, 5.74) is 3.36. The van der Waals surface area contributed by atoms with Crippen LogP contribution in [0.5, 0.6) is 0 Å². The summed E-state index contributed by atoms with van der Waals surface area (Å²) in [6, 6.07) is 12.9. The van der Waals surface area contributed by atoms with E-state index in [0.717, 1.165) is 29.7 Å². The molecule has 0 radical (unpaired) electrons. The third-order valence-corrected chi connectivity index (χ3v) is 4.38. The van der Waals surface area contributed by atoms with Gasteiger partial charge in [0.05, 0.1) is 5.56 Å². The zero-order valence-corrected chi connectivity index (χ0v) is 15.4. The minimum atomic E-state index is -0.530. The number of aryl methyl sites for hydroxylation is 2. The van der Waals surface area contributed by atoms with Gasteiger partial charge in [-0.3, -0.25) is 4.79 Å². The highest BCUT2D eigenvalue weighted by atomic mass is 79.9. The summed E-state index contributed by atoms with van der Waals surface area (Å²) in [6.45, 7) is 3.76. The van der Waals surface area contributed by atoms with Gasteiger partial charge in [0, 0.05) is 10.2 Å². The van der Waals surface area contributed by atoms with Crippen molar-refractivity contribution in [1.29, 1.82) is 0 Å². The lowest BCUT2D eigenvalue weighted by atomic mass is 10.0. The number of hydrogen-bond donors (Lipinski definition) is 1. The lowest BCUT2D eigenvalue weighted by molar-refractivity contribution is -0.119. The van der Waals surface area contributed by atoms with E-state index in [9.17, 15) is 9.59 Å². The molecule has 0 saturated carbocycles. The second-order valence-corrected chi connectivity index (χ2v) is 6.12. The summed E-state index contributed by atoms with van der Waals surface area (Å²) in [5.74, 6) is -0.872. The Kier molecular flexibility index (Phi) is 6.55. The Labute approximate surface area is 150 Å². The molecule has 0 aliphatic rings. The number of benzene rings is 2. The SMILES string of the molecule is CCc1cccc(CC)c1NC(=O)COC(=O)c1ccccc1Br. The fourth-order valence-corrected chi connectivity index (χ4v) is 2.86. The van der Waals surface area contributed by atoms with Crippen LogP contribution in [0.4, 0.5) is 5.69 Å². The van der Waals surface area contributed by atoms with E-state index in [-0.39, 0.29) is 12.5 Å². The minimum absolute atomic E-state index is 0.318. The number of nitrogens with one attached hydrogen (secondary N) is 1. The van der Waals surface area contributed by atoms with Crippen molar-refractivity contribution in [1.82, 2.24) is 0 Å². The summed E-state index contributed by atoms with van der Waals surface area (Å²) in [7, 11) is 0. The predicted octanol–water partition coefficient (Wildman–Crippen LogP) is 4.37. The molecule has 0 heterocycles. The number of halogens is 1. The van der Waals surface area contributed by atoms with Crippen LogP contribution >= 0.6 is 15.9 Å². The lowest BCUT2D eigenvalue weighted by Crippen LogP contribution is -2.22. The molecule has 0 aromatic heterocycles. The summed E-state index contributed by atoms with van der Waals surface area (Å²) in [4.78, 5) is 24.2. The monoisotopic (exact) mass is 389 g/mol. The number of esters is 1. The zero-order valence-electron chi connectivity index (χ0n) is 13.8. The molecule has 5 heteroatoms.